The third-order valence-electron chi connectivity index (χ3n) is 2.79. The molecule has 2 aromatic rings. The number of nitrogens with one attached hydrogen (secondary N) is 1. The van der Waals surface area contributed by atoms with Crippen LogP contribution >= 0.6 is 15.9 Å². The average Bonchev–Trinajstić information content (AvgIpc) is 2.89. The molecule has 6 heteroatoms. The van der Waals surface area contributed by atoms with E-state index >= 15 is 0 Å². The number of halogens is 1. The van der Waals surface area contributed by atoms with Gasteiger partial charge in [0.25, 0.3) is 0 Å². The van der Waals surface area contributed by atoms with E-state index in [0.29, 0.717) is 5.82 Å². The molecule has 1 atom stereocenters. The van der Waals surface area contributed by atoms with Gasteiger partial charge in [0.1, 0.15) is 0 Å². The first-order chi connectivity index (χ1) is 8.72. The molecule has 2 rings (SSSR count). The third-order valence-corrected chi connectivity index (χ3v) is 3.28. The minimum atomic E-state index is -0.504. The first-order valence-corrected chi connectivity index (χ1v) is 6.73. The molecule has 1 aromatic carbocycles. The van der Waals surface area contributed by atoms with Gasteiger partial charge in [0.15, 0.2) is 0 Å². The van der Waals surface area contributed by atoms with Gasteiger partial charge in [-0.3, -0.25) is 0 Å². The quantitative estimate of drug-likeness (QED) is 0.890. The predicted molar refractivity (Wildman–Crippen MR) is 71.8 cm³/mol. The minimum absolute atomic E-state index is 0.504. The van der Waals surface area contributed by atoms with Crippen molar-refractivity contribution in [2.75, 3.05) is 0 Å². The van der Waals surface area contributed by atoms with E-state index in [0.717, 1.165) is 34.9 Å². The summed E-state index contributed by atoms with van der Waals surface area (Å²) in [7, 11) is 0. The maximum atomic E-state index is 10.2. The van der Waals surface area contributed by atoms with E-state index < -0.39 is 6.10 Å². The number of aliphatic hydroxyl groups excluding tert-OH is 1. The summed E-state index contributed by atoms with van der Waals surface area (Å²) >= 11 is 3.42. The molecule has 0 aliphatic heterocycles. The number of tetrazole rings is 1. The van der Waals surface area contributed by atoms with Crippen LogP contribution in [0, 0.1) is 0 Å². The maximum Gasteiger partial charge on any atom is 0.205 e. The fraction of sp³-hybridized carbons (Fsp3) is 0.417. The molecule has 0 radical (unpaired) electrons. The maximum absolute atomic E-state index is 10.2. The second kappa shape index (κ2) is 6.06. The van der Waals surface area contributed by atoms with Gasteiger partial charge in [0.05, 0.1) is 6.10 Å². The lowest BCUT2D eigenvalue weighted by atomic mass is 9.98. The topological polar surface area (TPSA) is 74.7 Å². The summed E-state index contributed by atoms with van der Waals surface area (Å²) in [4.78, 5) is 0. The van der Waals surface area contributed by atoms with Crippen molar-refractivity contribution in [2.24, 2.45) is 0 Å². The molecule has 0 aliphatic rings. The SMILES string of the molecule is CCCC[C@H](O)c1cc(Br)ccc1-c1nn[nH]n1. The second-order valence-corrected chi connectivity index (χ2v) is 5.04. The van der Waals surface area contributed by atoms with Crippen LogP contribution in [-0.4, -0.2) is 25.7 Å². The molecule has 0 amide bonds. The Morgan fingerprint density at radius 1 is 1.44 bits per heavy atom. The first kappa shape index (κ1) is 13.2. The number of benzene rings is 1. The molecular weight excluding hydrogens is 296 g/mol. The molecule has 0 saturated carbocycles. The van der Waals surface area contributed by atoms with Crippen LogP contribution < -0.4 is 0 Å². The Hall–Kier alpha value is -1.27. The van der Waals surface area contributed by atoms with Crippen LogP contribution in [0.4, 0.5) is 0 Å². The van der Waals surface area contributed by atoms with Gasteiger partial charge in [0, 0.05) is 10.0 Å². The lowest BCUT2D eigenvalue weighted by Gasteiger charge is -2.14. The summed E-state index contributed by atoms with van der Waals surface area (Å²) in [6.07, 6.45) is 2.27. The first-order valence-electron chi connectivity index (χ1n) is 5.93. The molecule has 0 saturated heterocycles. The van der Waals surface area contributed by atoms with Crippen molar-refractivity contribution in [3.05, 3.63) is 28.2 Å². The summed E-state index contributed by atoms with van der Waals surface area (Å²) in [5, 5.41) is 24.2. The highest BCUT2D eigenvalue weighted by Crippen LogP contribution is 2.30. The summed E-state index contributed by atoms with van der Waals surface area (Å²) in [5.74, 6) is 0.507. The molecule has 1 aromatic heterocycles. The van der Waals surface area contributed by atoms with E-state index in [9.17, 15) is 5.11 Å². The van der Waals surface area contributed by atoms with E-state index in [1.54, 1.807) is 0 Å². The van der Waals surface area contributed by atoms with E-state index in [1.165, 1.54) is 0 Å². The lowest BCUT2D eigenvalue weighted by Crippen LogP contribution is -2.01. The summed E-state index contributed by atoms with van der Waals surface area (Å²) < 4.78 is 0.931. The zero-order valence-electron chi connectivity index (χ0n) is 10.1. The molecule has 1 heterocycles. The molecule has 96 valence electrons. The number of aromatic amines is 1. The lowest BCUT2D eigenvalue weighted by molar-refractivity contribution is 0.164. The van der Waals surface area contributed by atoms with Gasteiger partial charge in [0.2, 0.25) is 5.82 Å². The van der Waals surface area contributed by atoms with Crippen molar-refractivity contribution in [1.29, 1.82) is 0 Å². The van der Waals surface area contributed by atoms with Crippen LogP contribution in [-0.2, 0) is 0 Å². The van der Waals surface area contributed by atoms with Crippen LogP contribution in [0.15, 0.2) is 22.7 Å². The van der Waals surface area contributed by atoms with Gasteiger partial charge >= 0.3 is 0 Å². The van der Waals surface area contributed by atoms with Gasteiger partial charge in [-0.25, -0.2) is 0 Å². The summed E-state index contributed by atoms with van der Waals surface area (Å²) in [5.41, 5.74) is 1.65. The number of unbranched alkanes of at least 4 members (excludes halogenated alkanes) is 1. The molecule has 0 unspecified atom stereocenters. The number of aromatic nitrogens is 4. The largest absolute Gasteiger partial charge is 0.388 e. The van der Waals surface area contributed by atoms with E-state index in [4.69, 9.17) is 0 Å². The van der Waals surface area contributed by atoms with Gasteiger partial charge in [-0.1, -0.05) is 35.7 Å². The Bertz CT molecular complexity index is 501. The predicted octanol–water partition coefficient (Wildman–Crippen LogP) is 2.85. The highest BCUT2D eigenvalue weighted by atomic mass is 79.9. The normalized spacial score (nSPS) is 12.6. The molecule has 18 heavy (non-hydrogen) atoms. The van der Waals surface area contributed by atoms with Gasteiger partial charge in [-0.2, -0.15) is 5.21 Å². The van der Waals surface area contributed by atoms with Gasteiger partial charge in [-0.05, 0) is 35.4 Å². The van der Waals surface area contributed by atoms with Crippen LogP contribution in [0.5, 0.6) is 0 Å². The van der Waals surface area contributed by atoms with Crippen molar-refractivity contribution in [2.45, 2.75) is 32.3 Å². The fourth-order valence-electron chi connectivity index (χ4n) is 1.84. The highest BCUT2D eigenvalue weighted by molar-refractivity contribution is 9.10. The van der Waals surface area contributed by atoms with Crippen LogP contribution in [0.1, 0.15) is 37.9 Å². The molecule has 0 aliphatic carbocycles. The number of rotatable bonds is 5. The van der Waals surface area contributed by atoms with Gasteiger partial charge in [-0.15, -0.1) is 10.2 Å². The number of H-pyrrole nitrogens is 1. The van der Waals surface area contributed by atoms with Crippen molar-refractivity contribution in [1.82, 2.24) is 20.6 Å². The zero-order chi connectivity index (χ0) is 13.0. The number of hydrogen-bond acceptors (Lipinski definition) is 4. The molecule has 5 nitrogen and oxygen atoms in total. The Balaban J connectivity index is 2.35. The highest BCUT2D eigenvalue weighted by Gasteiger charge is 2.16. The average molecular weight is 311 g/mol. The smallest absolute Gasteiger partial charge is 0.205 e. The van der Waals surface area contributed by atoms with Crippen LogP contribution in [0.2, 0.25) is 0 Å². The van der Waals surface area contributed by atoms with Crippen LogP contribution in [0.3, 0.4) is 0 Å². The molecular formula is C12H15BrN4O. The van der Waals surface area contributed by atoms with Crippen molar-refractivity contribution in [3.8, 4) is 11.4 Å². The number of nitrogens with zero attached hydrogens (tertiary/aromatic N) is 3. The molecule has 2 N–H and O–H groups in total. The Kier molecular flexibility index (Phi) is 4.43. The van der Waals surface area contributed by atoms with Crippen molar-refractivity contribution in [3.63, 3.8) is 0 Å². The monoisotopic (exact) mass is 310 g/mol. The Morgan fingerprint density at radius 3 is 2.94 bits per heavy atom. The van der Waals surface area contributed by atoms with Gasteiger partial charge < -0.3 is 5.11 Å². The second-order valence-electron chi connectivity index (χ2n) is 4.13. The molecule has 0 spiro atoms. The van der Waals surface area contributed by atoms with E-state index in [1.807, 2.05) is 18.2 Å². The van der Waals surface area contributed by atoms with Crippen molar-refractivity contribution < 1.29 is 5.11 Å². The van der Waals surface area contributed by atoms with E-state index in [-0.39, 0.29) is 0 Å². The molecule has 0 bridgehead atoms. The van der Waals surface area contributed by atoms with Crippen LogP contribution in [0.25, 0.3) is 11.4 Å². The number of hydrogen-bond donors (Lipinski definition) is 2. The van der Waals surface area contributed by atoms with Crippen molar-refractivity contribution >= 4 is 15.9 Å². The molecule has 0 fully saturated rings. The third kappa shape index (κ3) is 2.94. The standard InChI is InChI=1S/C12H15BrN4O/c1-2-3-4-11(18)10-7-8(13)5-6-9(10)12-14-16-17-15-12/h5-7,11,18H,2-4H2,1H3,(H,14,15,16,17)/t11-/m0/s1. The summed E-state index contributed by atoms with van der Waals surface area (Å²) in [6, 6.07) is 5.70. The Labute approximate surface area is 114 Å². The summed E-state index contributed by atoms with van der Waals surface area (Å²) in [6.45, 7) is 2.10. The van der Waals surface area contributed by atoms with E-state index in [2.05, 4.69) is 43.5 Å². The zero-order valence-corrected chi connectivity index (χ0v) is 11.7. The minimum Gasteiger partial charge on any atom is -0.388 e. The Morgan fingerprint density at radius 2 is 2.28 bits per heavy atom. The number of aliphatic hydroxyl groups is 1. The fourth-order valence-corrected chi connectivity index (χ4v) is 2.22.